The van der Waals surface area contributed by atoms with E-state index in [4.69, 9.17) is 0 Å². The van der Waals surface area contributed by atoms with Gasteiger partial charge in [0, 0.05) is 5.56 Å². The zero-order valence-corrected chi connectivity index (χ0v) is 8.97. The summed E-state index contributed by atoms with van der Waals surface area (Å²) >= 11 is 0. The van der Waals surface area contributed by atoms with Gasteiger partial charge in [0.05, 0.1) is 0 Å². The average molecular weight is 222 g/mol. The Kier molecular flexibility index (Phi) is 2.62. The van der Waals surface area contributed by atoms with Crippen LogP contribution in [0.1, 0.15) is 34.8 Å². The Bertz CT molecular complexity index is 461. The van der Waals surface area contributed by atoms with Crippen LogP contribution in [0.15, 0.2) is 24.3 Å². The smallest absolute Gasteiger partial charge is 0.287 e. The van der Waals surface area contributed by atoms with Crippen molar-refractivity contribution in [3.63, 3.8) is 0 Å². The molecule has 16 heavy (non-hydrogen) atoms. The van der Waals surface area contributed by atoms with Crippen LogP contribution in [0.2, 0.25) is 0 Å². The lowest BCUT2D eigenvalue weighted by molar-refractivity contribution is 0.0379. The van der Waals surface area contributed by atoms with Crippen LogP contribution in [0.3, 0.4) is 0 Å². The number of hydrogen-bond donors (Lipinski definition) is 0. The second-order valence-corrected chi connectivity index (χ2v) is 3.96. The van der Waals surface area contributed by atoms with Gasteiger partial charge < -0.3 is 0 Å². The van der Waals surface area contributed by atoms with E-state index in [9.17, 15) is 13.6 Å². The summed E-state index contributed by atoms with van der Waals surface area (Å²) in [5.41, 5.74) is 1.79. The van der Waals surface area contributed by atoms with Crippen molar-refractivity contribution in [3.8, 4) is 0 Å². The number of benzene rings is 1. The number of hydrogen-bond acceptors (Lipinski definition) is 1. The van der Waals surface area contributed by atoms with Crippen LogP contribution in [-0.2, 0) is 6.42 Å². The van der Waals surface area contributed by atoms with Gasteiger partial charge in [-0.3, -0.25) is 4.79 Å². The molecule has 0 atom stereocenters. The van der Waals surface area contributed by atoms with Crippen LogP contribution in [0.5, 0.6) is 0 Å². The molecule has 0 spiro atoms. The monoisotopic (exact) mass is 222 g/mol. The van der Waals surface area contributed by atoms with Crippen molar-refractivity contribution in [1.82, 2.24) is 0 Å². The Morgan fingerprint density at radius 2 is 2.06 bits per heavy atom. The summed E-state index contributed by atoms with van der Waals surface area (Å²) in [6, 6.07) is 5.05. The third kappa shape index (κ3) is 1.77. The Balaban J connectivity index is 2.44. The summed E-state index contributed by atoms with van der Waals surface area (Å²) in [4.78, 5) is 11.4. The first-order valence-electron chi connectivity index (χ1n) is 5.29. The number of carbonyl (C=O) groups is 1. The lowest BCUT2D eigenvalue weighted by atomic mass is 9.91. The Labute approximate surface area is 92.8 Å². The third-order valence-corrected chi connectivity index (χ3v) is 2.67. The molecule has 1 aliphatic carbocycles. The van der Waals surface area contributed by atoms with Crippen molar-refractivity contribution in [2.24, 2.45) is 0 Å². The van der Waals surface area contributed by atoms with Gasteiger partial charge in [0.15, 0.2) is 0 Å². The molecule has 0 amide bonds. The number of Topliss-reactive ketones (excluding diaryl/α,β-unsaturated/α-hetero) is 1. The van der Waals surface area contributed by atoms with E-state index in [0.29, 0.717) is 11.6 Å². The lowest BCUT2D eigenvalue weighted by Crippen LogP contribution is -2.29. The molecule has 0 bridgehead atoms. The molecule has 0 saturated carbocycles. The molecule has 0 heterocycles. The number of allylic oxidation sites excluding steroid dienone is 1. The minimum absolute atomic E-state index is 0.118. The molecule has 84 valence electrons. The highest BCUT2D eigenvalue weighted by Crippen LogP contribution is 2.30. The Morgan fingerprint density at radius 3 is 2.75 bits per heavy atom. The summed E-state index contributed by atoms with van der Waals surface area (Å²) in [5.74, 6) is -4.45. The van der Waals surface area contributed by atoms with Gasteiger partial charge in [-0.2, -0.15) is 8.78 Å². The van der Waals surface area contributed by atoms with Crippen LogP contribution in [0, 0.1) is 0 Å². The maximum Gasteiger partial charge on any atom is 0.328 e. The molecular weight excluding hydrogens is 210 g/mol. The van der Waals surface area contributed by atoms with Crippen molar-refractivity contribution in [2.45, 2.75) is 25.7 Å². The fraction of sp³-hybridized carbons (Fsp3) is 0.308. The number of alkyl halides is 2. The van der Waals surface area contributed by atoms with Crippen LogP contribution < -0.4 is 0 Å². The SMILES string of the molecule is CCCc1ccc2c(c1)C=CC(F)(F)C2=O. The van der Waals surface area contributed by atoms with E-state index in [1.54, 1.807) is 6.07 Å². The van der Waals surface area contributed by atoms with Gasteiger partial charge >= 0.3 is 5.92 Å². The summed E-state index contributed by atoms with van der Waals surface area (Å²) in [6.45, 7) is 2.05. The predicted molar refractivity (Wildman–Crippen MR) is 58.7 cm³/mol. The molecule has 3 heteroatoms. The molecule has 0 fully saturated rings. The molecule has 0 unspecified atom stereocenters. The summed E-state index contributed by atoms with van der Waals surface area (Å²) in [5, 5.41) is 0. The molecule has 1 aliphatic rings. The first kappa shape index (κ1) is 11.0. The van der Waals surface area contributed by atoms with Crippen molar-refractivity contribution in [2.75, 3.05) is 0 Å². The number of fused-ring (bicyclic) bond motifs is 1. The largest absolute Gasteiger partial charge is 0.328 e. The second-order valence-electron chi connectivity index (χ2n) is 3.96. The highest BCUT2D eigenvalue weighted by Gasteiger charge is 2.39. The fourth-order valence-corrected chi connectivity index (χ4v) is 1.85. The first-order chi connectivity index (χ1) is 7.54. The molecule has 0 N–H and O–H groups in total. The summed E-state index contributed by atoms with van der Waals surface area (Å²) in [6.07, 6.45) is 3.89. The van der Waals surface area contributed by atoms with Crippen LogP contribution in [0.4, 0.5) is 8.78 Å². The molecule has 0 saturated heterocycles. The summed E-state index contributed by atoms with van der Waals surface area (Å²) < 4.78 is 26.2. The van der Waals surface area contributed by atoms with Crippen molar-refractivity contribution in [3.05, 3.63) is 41.0 Å². The van der Waals surface area contributed by atoms with Gasteiger partial charge in [-0.05, 0) is 23.6 Å². The van der Waals surface area contributed by atoms with E-state index < -0.39 is 11.7 Å². The first-order valence-corrected chi connectivity index (χ1v) is 5.29. The molecule has 0 aromatic heterocycles. The predicted octanol–water partition coefficient (Wildman–Crippen LogP) is 3.48. The molecule has 1 aromatic carbocycles. The standard InChI is InChI=1S/C13H12F2O/c1-2-3-9-4-5-11-10(8-9)6-7-13(14,15)12(11)16/h4-8H,2-3H2,1H3. The topological polar surface area (TPSA) is 17.1 Å². The van der Waals surface area contributed by atoms with Gasteiger partial charge in [-0.15, -0.1) is 0 Å². The van der Waals surface area contributed by atoms with Gasteiger partial charge in [-0.1, -0.05) is 37.6 Å². The van der Waals surface area contributed by atoms with E-state index in [1.807, 2.05) is 6.07 Å². The number of ketones is 1. The van der Waals surface area contributed by atoms with Gasteiger partial charge in [0.1, 0.15) is 0 Å². The Morgan fingerprint density at radius 1 is 1.31 bits per heavy atom. The molecule has 0 radical (unpaired) electrons. The molecule has 0 aliphatic heterocycles. The third-order valence-electron chi connectivity index (χ3n) is 2.67. The van der Waals surface area contributed by atoms with Crippen LogP contribution in [-0.4, -0.2) is 11.7 Å². The lowest BCUT2D eigenvalue weighted by Gasteiger charge is -2.18. The second kappa shape index (κ2) is 3.81. The maximum absolute atomic E-state index is 13.1. The molecule has 2 rings (SSSR count). The van der Waals surface area contributed by atoms with E-state index in [1.165, 1.54) is 12.1 Å². The average Bonchev–Trinajstić information content (AvgIpc) is 2.25. The van der Waals surface area contributed by atoms with E-state index in [-0.39, 0.29) is 5.56 Å². The zero-order chi connectivity index (χ0) is 11.8. The van der Waals surface area contributed by atoms with E-state index in [2.05, 4.69) is 6.92 Å². The normalized spacial score (nSPS) is 17.3. The highest BCUT2D eigenvalue weighted by atomic mass is 19.3. The highest BCUT2D eigenvalue weighted by molar-refractivity contribution is 6.07. The van der Waals surface area contributed by atoms with Crippen molar-refractivity contribution in [1.29, 1.82) is 0 Å². The number of rotatable bonds is 2. The van der Waals surface area contributed by atoms with Crippen LogP contribution >= 0.6 is 0 Å². The quantitative estimate of drug-likeness (QED) is 0.748. The number of carbonyl (C=O) groups excluding carboxylic acids is 1. The van der Waals surface area contributed by atoms with Crippen LogP contribution in [0.25, 0.3) is 6.08 Å². The number of aryl methyl sites for hydroxylation is 1. The van der Waals surface area contributed by atoms with E-state index >= 15 is 0 Å². The van der Waals surface area contributed by atoms with Crippen molar-refractivity contribution < 1.29 is 13.6 Å². The zero-order valence-electron chi connectivity index (χ0n) is 8.97. The molecule has 1 aromatic rings. The summed E-state index contributed by atoms with van der Waals surface area (Å²) in [7, 11) is 0. The maximum atomic E-state index is 13.1. The van der Waals surface area contributed by atoms with E-state index in [0.717, 1.165) is 18.4 Å². The minimum atomic E-state index is -3.35. The van der Waals surface area contributed by atoms with Gasteiger partial charge in [0.2, 0.25) is 5.78 Å². The molecular formula is C13H12F2O. The minimum Gasteiger partial charge on any atom is -0.287 e. The van der Waals surface area contributed by atoms with Crippen molar-refractivity contribution >= 4 is 11.9 Å². The number of halogens is 2. The molecule has 1 nitrogen and oxygen atoms in total. The van der Waals surface area contributed by atoms with Gasteiger partial charge in [0.25, 0.3) is 0 Å². The Hall–Kier alpha value is -1.51. The van der Waals surface area contributed by atoms with Gasteiger partial charge in [-0.25, -0.2) is 0 Å². The fourth-order valence-electron chi connectivity index (χ4n) is 1.85.